The van der Waals surface area contributed by atoms with Crippen LogP contribution in [0.5, 0.6) is 23.0 Å². The van der Waals surface area contributed by atoms with Crippen molar-refractivity contribution in [3.8, 4) is 23.0 Å². The van der Waals surface area contributed by atoms with E-state index in [1.165, 1.54) is 31.2 Å². The summed E-state index contributed by atoms with van der Waals surface area (Å²) in [4.78, 5) is 11.8. The van der Waals surface area contributed by atoms with E-state index in [1.54, 1.807) is 12.1 Å². The number of nitrogen functional groups attached to an aromatic ring is 3. The van der Waals surface area contributed by atoms with E-state index in [2.05, 4.69) is 12.7 Å². The van der Waals surface area contributed by atoms with Crippen molar-refractivity contribution in [2.45, 2.75) is 25.9 Å². The van der Waals surface area contributed by atoms with Gasteiger partial charge in [-0.2, -0.15) is 0 Å². The molecule has 0 fully saturated rings. The number of rotatable bonds is 8. The Hall–Kier alpha value is -5.25. The third-order valence-corrected chi connectivity index (χ3v) is 5.32. The summed E-state index contributed by atoms with van der Waals surface area (Å²) in [6.45, 7) is 4.99. The number of nitrogens with two attached hydrogens (primary N) is 4. The van der Waals surface area contributed by atoms with Gasteiger partial charge in [0, 0.05) is 29.1 Å². The normalized spacial score (nSPS) is 11.6. The van der Waals surface area contributed by atoms with E-state index in [4.69, 9.17) is 37.1 Å². The molecule has 0 saturated carbocycles. The van der Waals surface area contributed by atoms with Crippen molar-refractivity contribution in [2.24, 2.45) is 5.73 Å². The van der Waals surface area contributed by atoms with Gasteiger partial charge in [0.05, 0.1) is 11.4 Å². The number of anilines is 3. The third kappa shape index (κ3) is 12.4. The average molecular weight is 563 g/mol. The van der Waals surface area contributed by atoms with Gasteiger partial charge in [-0.15, -0.1) is 0 Å². The number of para-hydroxylation sites is 1. The fourth-order valence-corrected chi connectivity index (χ4v) is 3.06. The molecule has 0 radical (unpaired) electrons. The number of benzene rings is 3. The van der Waals surface area contributed by atoms with Crippen molar-refractivity contribution in [1.82, 2.24) is 0 Å². The standard InChI is InChI=1S/C19H22N2O6.C6H9N.C6H7N/c1-11(2)19(24)27-14(9-25-12-3-5-15(20)17(22)7-12)10-26-13-4-6-16(21)18(23)8-13;2*7-6-4-2-1-3-5-6/h3-8,14,22-23H,1,9-10,20-21H2,2H3;2,4-5H,1,3,7H2;1-5H,7H2. The molecule has 0 heterocycles. The van der Waals surface area contributed by atoms with Gasteiger partial charge in [-0.3, -0.25) is 0 Å². The molecule has 10 nitrogen and oxygen atoms in total. The van der Waals surface area contributed by atoms with Crippen molar-refractivity contribution >= 4 is 23.0 Å². The van der Waals surface area contributed by atoms with E-state index in [9.17, 15) is 15.0 Å². The summed E-state index contributed by atoms with van der Waals surface area (Å²) in [7, 11) is 0. The summed E-state index contributed by atoms with van der Waals surface area (Å²) in [6, 6.07) is 18.3. The maximum absolute atomic E-state index is 11.8. The molecule has 0 amide bonds. The smallest absolute Gasteiger partial charge is 0.333 e. The number of carbonyl (C=O) groups excluding carboxylic acids is 1. The molecule has 0 aliphatic heterocycles. The van der Waals surface area contributed by atoms with Crippen molar-refractivity contribution in [1.29, 1.82) is 0 Å². The van der Waals surface area contributed by atoms with Crippen LogP contribution in [-0.2, 0) is 9.53 Å². The molecule has 41 heavy (non-hydrogen) atoms. The highest BCUT2D eigenvalue weighted by Crippen LogP contribution is 2.27. The Morgan fingerprint density at radius 2 is 1.39 bits per heavy atom. The van der Waals surface area contributed by atoms with Gasteiger partial charge in [-0.1, -0.05) is 36.9 Å². The molecule has 218 valence electrons. The first-order chi connectivity index (χ1) is 19.5. The summed E-state index contributed by atoms with van der Waals surface area (Å²) < 4.78 is 16.4. The van der Waals surface area contributed by atoms with Crippen molar-refractivity contribution in [3.63, 3.8) is 0 Å². The zero-order chi connectivity index (χ0) is 30.2. The number of phenols is 2. The Labute approximate surface area is 240 Å². The van der Waals surface area contributed by atoms with Gasteiger partial charge >= 0.3 is 5.97 Å². The van der Waals surface area contributed by atoms with Crippen LogP contribution in [0.15, 0.2) is 103 Å². The summed E-state index contributed by atoms with van der Waals surface area (Å²) in [6.07, 6.45) is 7.58. The monoisotopic (exact) mass is 562 g/mol. The zero-order valence-corrected chi connectivity index (χ0v) is 23.0. The molecule has 3 aromatic carbocycles. The van der Waals surface area contributed by atoms with Crippen molar-refractivity contribution in [2.75, 3.05) is 30.4 Å². The molecule has 1 aliphatic rings. The van der Waals surface area contributed by atoms with Gasteiger partial charge in [0.1, 0.15) is 36.2 Å². The molecule has 1 aliphatic carbocycles. The van der Waals surface area contributed by atoms with Gasteiger partial charge in [-0.05, 0) is 62.2 Å². The van der Waals surface area contributed by atoms with E-state index in [-0.39, 0.29) is 41.7 Å². The maximum atomic E-state index is 11.8. The highest BCUT2D eigenvalue weighted by atomic mass is 16.6. The highest BCUT2D eigenvalue weighted by Gasteiger charge is 2.18. The SMILES string of the molecule is C=C(C)C(=O)OC(COc1ccc(N)c(O)c1)COc1ccc(N)c(O)c1.NC1=CCCC=C1.Nc1ccccc1. The van der Waals surface area contributed by atoms with Crippen LogP contribution < -0.4 is 32.4 Å². The lowest BCUT2D eigenvalue weighted by atomic mass is 10.2. The molecule has 0 bridgehead atoms. The number of aromatic hydroxyl groups is 2. The highest BCUT2D eigenvalue weighted by molar-refractivity contribution is 5.87. The number of phenolic OH excluding ortho intramolecular Hbond substituents is 2. The van der Waals surface area contributed by atoms with E-state index < -0.39 is 12.1 Å². The predicted octanol–water partition coefficient (Wildman–Crippen LogP) is 4.66. The first-order valence-electron chi connectivity index (χ1n) is 12.8. The number of allylic oxidation sites excluding steroid dienone is 3. The number of hydrogen-bond acceptors (Lipinski definition) is 10. The van der Waals surface area contributed by atoms with E-state index >= 15 is 0 Å². The quantitative estimate of drug-likeness (QED) is 0.0975. The van der Waals surface area contributed by atoms with Crippen LogP contribution in [0.4, 0.5) is 17.1 Å². The first kappa shape index (κ1) is 32.0. The lowest BCUT2D eigenvalue weighted by Crippen LogP contribution is -2.31. The van der Waals surface area contributed by atoms with Crippen LogP contribution in [0.25, 0.3) is 0 Å². The minimum Gasteiger partial charge on any atom is -0.506 e. The van der Waals surface area contributed by atoms with E-state index in [1.807, 2.05) is 42.5 Å². The fourth-order valence-electron chi connectivity index (χ4n) is 3.06. The number of ether oxygens (including phenoxy) is 3. The lowest BCUT2D eigenvalue weighted by molar-refractivity contribution is -0.147. The van der Waals surface area contributed by atoms with Gasteiger partial charge < -0.3 is 47.4 Å². The van der Waals surface area contributed by atoms with Crippen LogP contribution in [0.1, 0.15) is 19.8 Å². The lowest BCUT2D eigenvalue weighted by Gasteiger charge is -2.19. The minimum absolute atomic E-state index is 0.0384. The molecule has 0 saturated heterocycles. The van der Waals surface area contributed by atoms with Crippen LogP contribution in [-0.4, -0.2) is 35.5 Å². The molecule has 10 N–H and O–H groups in total. The Morgan fingerprint density at radius 1 is 0.854 bits per heavy atom. The molecule has 0 spiro atoms. The van der Waals surface area contributed by atoms with Crippen LogP contribution in [0, 0.1) is 0 Å². The Balaban J connectivity index is 0.000000338. The molecular weight excluding hydrogens is 524 g/mol. The number of hydrogen-bond donors (Lipinski definition) is 6. The summed E-state index contributed by atoms with van der Waals surface area (Å²) in [5, 5.41) is 19.2. The van der Waals surface area contributed by atoms with Crippen molar-refractivity contribution in [3.05, 3.63) is 103 Å². The predicted molar refractivity (Wildman–Crippen MR) is 162 cm³/mol. The van der Waals surface area contributed by atoms with Gasteiger partial charge in [-0.25, -0.2) is 4.79 Å². The van der Waals surface area contributed by atoms with Crippen LogP contribution in [0.2, 0.25) is 0 Å². The fraction of sp³-hybridized carbons (Fsp3) is 0.194. The molecule has 3 aromatic rings. The van der Waals surface area contributed by atoms with Crippen LogP contribution >= 0.6 is 0 Å². The molecule has 10 heteroatoms. The summed E-state index contributed by atoms with van der Waals surface area (Å²) in [5.74, 6) is -0.118. The Bertz CT molecular complexity index is 1290. The molecule has 0 atom stereocenters. The molecule has 4 rings (SSSR count). The van der Waals surface area contributed by atoms with E-state index in [0.717, 1.165) is 24.2 Å². The van der Waals surface area contributed by atoms with Crippen molar-refractivity contribution < 1.29 is 29.2 Å². The van der Waals surface area contributed by atoms with Gasteiger partial charge in [0.2, 0.25) is 0 Å². The topological polar surface area (TPSA) is 189 Å². The summed E-state index contributed by atoms with van der Waals surface area (Å²) >= 11 is 0. The average Bonchev–Trinajstić information content (AvgIpc) is 2.95. The van der Waals surface area contributed by atoms with E-state index in [0.29, 0.717) is 11.5 Å². The minimum atomic E-state index is -0.770. The zero-order valence-electron chi connectivity index (χ0n) is 23.0. The molecular formula is C31H38N4O6. The second-order valence-corrected chi connectivity index (χ2v) is 8.97. The molecule has 0 aromatic heterocycles. The third-order valence-electron chi connectivity index (χ3n) is 5.32. The maximum Gasteiger partial charge on any atom is 0.333 e. The Kier molecular flexibility index (Phi) is 13.0. The largest absolute Gasteiger partial charge is 0.506 e. The second kappa shape index (κ2) is 16.7. The molecule has 0 unspecified atom stereocenters. The number of carbonyl (C=O) groups is 1. The number of esters is 1. The Morgan fingerprint density at radius 3 is 1.73 bits per heavy atom. The summed E-state index contributed by atoms with van der Waals surface area (Å²) in [5.41, 5.74) is 24.3. The van der Waals surface area contributed by atoms with Gasteiger partial charge in [0.25, 0.3) is 0 Å². The second-order valence-electron chi connectivity index (χ2n) is 8.97. The first-order valence-corrected chi connectivity index (χ1v) is 12.8. The van der Waals surface area contributed by atoms with Crippen LogP contribution in [0.3, 0.4) is 0 Å². The van der Waals surface area contributed by atoms with Gasteiger partial charge in [0.15, 0.2) is 6.10 Å².